The second kappa shape index (κ2) is 8.41. The zero-order valence-corrected chi connectivity index (χ0v) is 18.1. The Morgan fingerprint density at radius 3 is 2.62 bits per heavy atom. The molecule has 2 aromatic rings. The molecule has 2 aliphatic heterocycles. The minimum absolute atomic E-state index is 0.126. The van der Waals surface area contributed by atoms with Crippen molar-refractivity contribution in [3.05, 3.63) is 48.0 Å². The molecular formula is C23H25N3O6. The first kappa shape index (κ1) is 21.5. The number of carbonyl (C=O) groups excluding carboxylic acids is 3. The SMILES string of the molecule is COc1ccc(CC[C@@]2(C)NC(=O)N([C@H](C)C(=O)Nc3ccc4c(c3)OCO4)C2=O)cc1. The summed E-state index contributed by atoms with van der Waals surface area (Å²) < 4.78 is 15.7. The molecule has 32 heavy (non-hydrogen) atoms. The highest BCUT2D eigenvalue weighted by Gasteiger charge is 2.50. The van der Waals surface area contributed by atoms with Gasteiger partial charge in [-0.1, -0.05) is 12.1 Å². The van der Waals surface area contributed by atoms with E-state index < -0.39 is 29.4 Å². The molecule has 9 heteroatoms. The summed E-state index contributed by atoms with van der Waals surface area (Å²) in [5.74, 6) is 0.962. The number of benzene rings is 2. The van der Waals surface area contributed by atoms with Gasteiger partial charge in [-0.05, 0) is 56.5 Å². The lowest BCUT2D eigenvalue weighted by Gasteiger charge is -2.24. The van der Waals surface area contributed by atoms with E-state index in [1.807, 2.05) is 24.3 Å². The number of anilines is 1. The first-order valence-corrected chi connectivity index (χ1v) is 10.3. The third-order valence-corrected chi connectivity index (χ3v) is 5.77. The molecular weight excluding hydrogens is 414 g/mol. The van der Waals surface area contributed by atoms with Gasteiger partial charge in [0.1, 0.15) is 17.3 Å². The summed E-state index contributed by atoms with van der Waals surface area (Å²) in [4.78, 5) is 39.5. The molecule has 0 spiro atoms. The lowest BCUT2D eigenvalue weighted by atomic mass is 9.93. The summed E-state index contributed by atoms with van der Waals surface area (Å²) in [5, 5.41) is 5.48. The molecule has 1 fully saturated rings. The predicted octanol–water partition coefficient (Wildman–Crippen LogP) is 2.69. The molecule has 0 unspecified atom stereocenters. The summed E-state index contributed by atoms with van der Waals surface area (Å²) in [6, 6.07) is 11.0. The van der Waals surface area contributed by atoms with Crippen molar-refractivity contribution in [2.75, 3.05) is 19.2 Å². The number of amides is 4. The second-order valence-electron chi connectivity index (χ2n) is 8.02. The number of hydrogen-bond donors (Lipinski definition) is 2. The number of hydrogen-bond acceptors (Lipinski definition) is 6. The van der Waals surface area contributed by atoms with Crippen LogP contribution in [0, 0.1) is 0 Å². The maximum atomic E-state index is 13.1. The number of methoxy groups -OCH3 is 1. The molecule has 4 rings (SSSR count). The summed E-state index contributed by atoms with van der Waals surface area (Å²) in [7, 11) is 1.60. The van der Waals surface area contributed by atoms with Gasteiger partial charge < -0.3 is 24.8 Å². The van der Waals surface area contributed by atoms with E-state index in [0.29, 0.717) is 30.0 Å². The highest BCUT2D eigenvalue weighted by molar-refractivity contribution is 6.11. The number of ether oxygens (including phenoxy) is 3. The van der Waals surface area contributed by atoms with Gasteiger partial charge in [0.15, 0.2) is 11.5 Å². The smallest absolute Gasteiger partial charge is 0.325 e. The fourth-order valence-electron chi connectivity index (χ4n) is 3.75. The molecule has 1 saturated heterocycles. The number of rotatable bonds is 7. The number of nitrogens with zero attached hydrogens (tertiary/aromatic N) is 1. The van der Waals surface area contributed by atoms with Crippen LogP contribution < -0.4 is 24.8 Å². The standard InChI is InChI=1S/C23H25N3O6/c1-14(20(27)24-16-6-9-18-19(12-16)32-13-31-18)26-21(28)23(2,25-22(26)29)11-10-15-4-7-17(30-3)8-5-15/h4-9,12,14H,10-11,13H2,1-3H3,(H,24,27)(H,25,29)/t14-,23-/m1/s1. The van der Waals surface area contributed by atoms with Crippen LogP contribution in [0.25, 0.3) is 0 Å². The average molecular weight is 439 g/mol. The van der Waals surface area contributed by atoms with Crippen LogP contribution in [-0.2, 0) is 16.0 Å². The van der Waals surface area contributed by atoms with E-state index in [0.717, 1.165) is 16.2 Å². The molecule has 2 heterocycles. The number of fused-ring (bicyclic) bond motifs is 1. The molecule has 9 nitrogen and oxygen atoms in total. The second-order valence-corrected chi connectivity index (χ2v) is 8.02. The molecule has 2 atom stereocenters. The molecule has 0 aromatic heterocycles. The van der Waals surface area contributed by atoms with Crippen LogP contribution in [0.3, 0.4) is 0 Å². The highest BCUT2D eigenvalue weighted by atomic mass is 16.7. The van der Waals surface area contributed by atoms with E-state index in [1.165, 1.54) is 6.92 Å². The van der Waals surface area contributed by atoms with Crippen molar-refractivity contribution in [2.24, 2.45) is 0 Å². The van der Waals surface area contributed by atoms with Crippen LogP contribution in [0.15, 0.2) is 42.5 Å². The lowest BCUT2D eigenvalue weighted by Crippen LogP contribution is -2.48. The van der Waals surface area contributed by atoms with E-state index in [4.69, 9.17) is 14.2 Å². The normalized spacial score (nSPS) is 20.2. The minimum atomic E-state index is -1.09. The average Bonchev–Trinajstić information content (AvgIpc) is 3.34. The molecule has 2 aliphatic rings. The van der Waals surface area contributed by atoms with Crippen molar-refractivity contribution in [3.63, 3.8) is 0 Å². The van der Waals surface area contributed by atoms with Crippen LogP contribution in [-0.4, -0.2) is 48.2 Å². The van der Waals surface area contributed by atoms with Gasteiger partial charge in [-0.2, -0.15) is 0 Å². The van der Waals surface area contributed by atoms with Crippen LogP contribution in [0.5, 0.6) is 17.2 Å². The quantitative estimate of drug-likeness (QED) is 0.643. The Morgan fingerprint density at radius 1 is 1.19 bits per heavy atom. The van der Waals surface area contributed by atoms with Gasteiger partial charge in [0.25, 0.3) is 5.91 Å². The molecule has 0 radical (unpaired) electrons. The van der Waals surface area contributed by atoms with Gasteiger partial charge >= 0.3 is 6.03 Å². The monoisotopic (exact) mass is 439 g/mol. The van der Waals surface area contributed by atoms with Crippen LogP contribution in [0.2, 0.25) is 0 Å². The first-order chi connectivity index (χ1) is 15.3. The van der Waals surface area contributed by atoms with Gasteiger partial charge in [-0.25, -0.2) is 9.69 Å². The third kappa shape index (κ3) is 4.05. The largest absolute Gasteiger partial charge is 0.497 e. The van der Waals surface area contributed by atoms with Crippen LogP contribution in [0.4, 0.5) is 10.5 Å². The molecule has 0 saturated carbocycles. The topological polar surface area (TPSA) is 106 Å². The summed E-state index contributed by atoms with van der Waals surface area (Å²) in [6.07, 6.45) is 0.981. The number of imide groups is 1. The van der Waals surface area contributed by atoms with Gasteiger partial charge in [0, 0.05) is 11.8 Å². The fourth-order valence-corrected chi connectivity index (χ4v) is 3.75. The third-order valence-electron chi connectivity index (χ3n) is 5.77. The summed E-state index contributed by atoms with van der Waals surface area (Å²) in [6.45, 7) is 3.33. The minimum Gasteiger partial charge on any atom is -0.497 e. The maximum Gasteiger partial charge on any atom is 0.325 e. The number of urea groups is 1. The Labute approximate surface area is 185 Å². The molecule has 0 aliphatic carbocycles. The van der Waals surface area contributed by atoms with Crippen LogP contribution in [0.1, 0.15) is 25.8 Å². The van der Waals surface area contributed by atoms with E-state index in [-0.39, 0.29) is 6.79 Å². The molecule has 4 amide bonds. The Bertz CT molecular complexity index is 1050. The van der Waals surface area contributed by atoms with E-state index in [9.17, 15) is 14.4 Å². The number of nitrogens with one attached hydrogen (secondary N) is 2. The summed E-state index contributed by atoms with van der Waals surface area (Å²) >= 11 is 0. The van der Waals surface area contributed by atoms with E-state index >= 15 is 0 Å². The molecule has 0 bridgehead atoms. The highest BCUT2D eigenvalue weighted by Crippen LogP contribution is 2.34. The Morgan fingerprint density at radius 2 is 1.91 bits per heavy atom. The van der Waals surface area contributed by atoms with Crippen molar-refractivity contribution >= 4 is 23.5 Å². The van der Waals surface area contributed by atoms with Gasteiger partial charge in [-0.3, -0.25) is 9.59 Å². The first-order valence-electron chi connectivity index (χ1n) is 10.3. The van der Waals surface area contributed by atoms with Crippen molar-refractivity contribution in [1.29, 1.82) is 0 Å². The van der Waals surface area contributed by atoms with Crippen molar-refractivity contribution < 1.29 is 28.6 Å². The Balaban J connectivity index is 1.41. The van der Waals surface area contributed by atoms with Gasteiger partial charge in [-0.15, -0.1) is 0 Å². The van der Waals surface area contributed by atoms with Gasteiger partial charge in [0.05, 0.1) is 7.11 Å². The Hall–Kier alpha value is -3.75. The predicted molar refractivity (Wildman–Crippen MR) is 116 cm³/mol. The van der Waals surface area contributed by atoms with E-state index in [1.54, 1.807) is 32.2 Å². The van der Waals surface area contributed by atoms with Gasteiger partial charge in [0.2, 0.25) is 12.7 Å². The zero-order chi connectivity index (χ0) is 22.9. The van der Waals surface area contributed by atoms with Crippen molar-refractivity contribution in [3.8, 4) is 17.2 Å². The number of aryl methyl sites for hydroxylation is 1. The maximum absolute atomic E-state index is 13.1. The van der Waals surface area contributed by atoms with E-state index in [2.05, 4.69) is 10.6 Å². The van der Waals surface area contributed by atoms with Crippen LogP contribution >= 0.6 is 0 Å². The summed E-state index contributed by atoms with van der Waals surface area (Å²) in [5.41, 5.74) is 0.408. The van der Waals surface area contributed by atoms with Crippen molar-refractivity contribution in [2.45, 2.75) is 38.3 Å². The molecule has 2 aromatic carbocycles. The molecule has 2 N–H and O–H groups in total. The number of carbonyl (C=O) groups is 3. The van der Waals surface area contributed by atoms with Crippen molar-refractivity contribution in [1.82, 2.24) is 10.2 Å². The zero-order valence-electron chi connectivity index (χ0n) is 18.1. The Kier molecular flexibility index (Phi) is 5.65. The fraction of sp³-hybridized carbons (Fsp3) is 0.348. The molecule has 168 valence electrons. The lowest BCUT2D eigenvalue weighted by molar-refractivity contribution is -0.136.